The lowest BCUT2D eigenvalue weighted by Gasteiger charge is -2.20. The number of nitrogens with one attached hydrogen (secondary N) is 2. The van der Waals surface area contributed by atoms with E-state index in [2.05, 4.69) is 10.9 Å². The molecular formula is C23H24F3N3O3. The van der Waals surface area contributed by atoms with Crippen LogP contribution in [0.4, 0.5) is 24.5 Å². The zero-order chi connectivity index (χ0) is 23.6. The molecule has 0 radical (unpaired) electrons. The van der Waals surface area contributed by atoms with Crippen molar-refractivity contribution in [2.75, 3.05) is 18.6 Å². The maximum Gasteiger partial charge on any atom is 0.416 e. The van der Waals surface area contributed by atoms with Gasteiger partial charge in [0.15, 0.2) is 0 Å². The van der Waals surface area contributed by atoms with Gasteiger partial charge in [0, 0.05) is 24.1 Å². The number of hydrogen-bond donors (Lipinski definition) is 2. The molecule has 1 aliphatic rings. The van der Waals surface area contributed by atoms with Crippen molar-refractivity contribution in [2.45, 2.75) is 33.4 Å². The summed E-state index contributed by atoms with van der Waals surface area (Å²) in [6.07, 6.45) is -4.44. The third kappa shape index (κ3) is 4.77. The van der Waals surface area contributed by atoms with Gasteiger partial charge in [-0.2, -0.15) is 13.2 Å². The Morgan fingerprint density at radius 2 is 1.72 bits per heavy atom. The largest absolute Gasteiger partial charge is 0.416 e. The molecule has 6 nitrogen and oxygen atoms in total. The van der Waals surface area contributed by atoms with Crippen LogP contribution in [-0.2, 0) is 20.5 Å². The minimum absolute atomic E-state index is 0.111. The minimum atomic E-state index is -4.55. The summed E-state index contributed by atoms with van der Waals surface area (Å²) in [6, 6.07) is 8.60. The molecule has 0 aliphatic carbocycles. The van der Waals surface area contributed by atoms with Crippen molar-refractivity contribution in [1.82, 2.24) is 10.9 Å². The first-order valence-electron chi connectivity index (χ1n) is 9.92. The van der Waals surface area contributed by atoms with E-state index in [1.165, 1.54) is 18.1 Å². The number of alkyl halides is 3. The van der Waals surface area contributed by atoms with Crippen LogP contribution >= 0.6 is 0 Å². The molecule has 0 saturated carbocycles. The Balaban J connectivity index is 2.08. The number of hydrazine groups is 1. The maximum atomic E-state index is 13.4. The molecule has 0 fully saturated rings. The molecule has 2 aromatic rings. The number of carbonyl (C=O) groups excluding carboxylic acids is 2. The number of methoxy groups -OCH3 is 1. The molecular weight excluding hydrogens is 423 g/mol. The predicted octanol–water partition coefficient (Wildman–Crippen LogP) is 4.39. The van der Waals surface area contributed by atoms with E-state index in [0.29, 0.717) is 16.9 Å². The molecule has 0 aromatic heterocycles. The third-order valence-electron chi connectivity index (χ3n) is 5.01. The van der Waals surface area contributed by atoms with Crippen LogP contribution in [0, 0.1) is 13.8 Å². The fourth-order valence-electron chi connectivity index (χ4n) is 3.62. The highest BCUT2D eigenvalue weighted by molar-refractivity contribution is 6.35. The summed E-state index contributed by atoms with van der Waals surface area (Å²) >= 11 is 0. The van der Waals surface area contributed by atoms with Crippen LogP contribution in [0.5, 0.6) is 0 Å². The molecule has 3 rings (SSSR count). The van der Waals surface area contributed by atoms with Crippen LogP contribution in [0.1, 0.15) is 35.6 Å². The van der Waals surface area contributed by atoms with Gasteiger partial charge < -0.3 is 10.2 Å². The lowest BCUT2D eigenvalue weighted by atomic mass is 10.0. The Bertz CT molecular complexity index is 1070. The molecule has 1 heterocycles. The molecule has 0 atom stereocenters. The molecule has 0 unspecified atom stereocenters. The SMILES string of the molecule is COCCC(=O)NN/C(C)=C1\C(=O)N(c2cc(C)cc(C)c2)c2cc(C(F)(F)F)ccc21. The minimum Gasteiger partial charge on any atom is -0.384 e. The summed E-state index contributed by atoms with van der Waals surface area (Å²) in [6.45, 7) is 5.51. The number of amides is 2. The van der Waals surface area contributed by atoms with Crippen LogP contribution in [0.25, 0.3) is 5.57 Å². The number of benzene rings is 2. The second-order valence-electron chi connectivity index (χ2n) is 7.63. The van der Waals surface area contributed by atoms with Crippen LogP contribution in [0.3, 0.4) is 0 Å². The molecule has 2 N–H and O–H groups in total. The number of rotatable bonds is 6. The fraction of sp³-hybridized carbons (Fsp3) is 0.304. The summed E-state index contributed by atoms with van der Waals surface area (Å²) in [5, 5.41) is 0. The van der Waals surface area contributed by atoms with Gasteiger partial charge in [-0.1, -0.05) is 12.1 Å². The second kappa shape index (κ2) is 9.04. The van der Waals surface area contributed by atoms with E-state index in [9.17, 15) is 22.8 Å². The number of nitrogens with zero attached hydrogens (tertiary/aromatic N) is 1. The van der Waals surface area contributed by atoms with Crippen molar-refractivity contribution in [2.24, 2.45) is 0 Å². The Morgan fingerprint density at radius 3 is 2.31 bits per heavy atom. The topological polar surface area (TPSA) is 70.7 Å². The lowest BCUT2D eigenvalue weighted by molar-refractivity contribution is -0.137. The number of hydrogen-bond acceptors (Lipinski definition) is 4. The summed E-state index contributed by atoms with van der Waals surface area (Å²) in [7, 11) is 1.47. The van der Waals surface area contributed by atoms with Gasteiger partial charge in [-0.25, -0.2) is 0 Å². The van der Waals surface area contributed by atoms with Crippen molar-refractivity contribution < 1.29 is 27.5 Å². The number of anilines is 2. The highest BCUT2D eigenvalue weighted by Gasteiger charge is 2.39. The number of carbonyl (C=O) groups is 2. The van der Waals surface area contributed by atoms with E-state index < -0.39 is 17.6 Å². The number of fused-ring (bicyclic) bond motifs is 1. The van der Waals surface area contributed by atoms with E-state index in [4.69, 9.17) is 4.74 Å². The van der Waals surface area contributed by atoms with E-state index >= 15 is 0 Å². The van der Waals surface area contributed by atoms with E-state index in [0.717, 1.165) is 23.3 Å². The lowest BCUT2D eigenvalue weighted by Crippen LogP contribution is -2.37. The predicted molar refractivity (Wildman–Crippen MR) is 115 cm³/mol. The monoisotopic (exact) mass is 447 g/mol. The zero-order valence-electron chi connectivity index (χ0n) is 18.2. The summed E-state index contributed by atoms with van der Waals surface area (Å²) in [5.41, 5.74) is 7.52. The van der Waals surface area contributed by atoms with Crippen LogP contribution in [0.2, 0.25) is 0 Å². The number of halogens is 3. The number of allylic oxidation sites excluding steroid dienone is 1. The van der Waals surface area contributed by atoms with E-state index in [-0.39, 0.29) is 30.2 Å². The van der Waals surface area contributed by atoms with Crippen molar-refractivity contribution in [3.63, 3.8) is 0 Å². The molecule has 0 bridgehead atoms. The van der Waals surface area contributed by atoms with E-state index in [1.807, 2.05) is 19.9 Å². The first-order chi connectivity index (χ1) is 15.0. The summed E-state index contributed by atoms with van der Waals surface area (Å²) in [5.74, 6) is -0.837. The molecule has 1 aliphatic heterocycles. The van der Waals surface area contributed by atoms with Crippen molar-refractivity contribution in [3.8, 4) is 0 Å². The van der Waals surface area contributed by atoms with Gasteiger partial charge in [-0.15, -0.1) is 0 Å². The molecule has 32 heavy (non-hydrogen) atoms. The standard InChI is InChI=1S/C23H24F3N3O3/c1-13-9-14(2)11-17(10-13)29-19-12-16(23(24,25)26)5-6-18(19)21(22(29)31)15(3)27-28-20(30)7-8-32-4/h5-6,9-12,27H,7-8H2,1-4H3,(H,28,30)/b21-15-. The van der Waals surface area contributed by atoms with Crippen molar-refractivity contribution in [1.29, 1.82) is 0 Å². The molecule has 2 amide bonds. The smallest absolute Gasteiger partial charge is 0.384 e. The van der Waals surface area contributed by atoms with Crippen LogP contribution in [0.15, 0.2) is 42.1 Å². The molecule has 2 aromatic carbocycles. The van der Waals surface area contributed by atoms with Gasteiger partial charge in [0.1, 0.15) is 0 Å². The third-order valence-corrected chi connectivity index (χ3v) is 5.01. The molecule has 170 valence electrons. The first-order valence-corrected chi connectivity index (χ1v) is 9.92. The first kappa shape index (κ1) is 23.3. The van der Waals surface area contributed by atoms with Crippen molar-refractivity contribution in [3.05, 3.63) is 64.3 Å². The zero-order valence-corrected chi connectivity index (χ0v) is 18.2. The van der Waals surface area contributed by atoms with Gasteiger partial charge in [-0.3, -0.25) is 19.9 Å². The maximum absolute atomic E-state index is 13.4. The van der Waals surface area contributed by atoms with Gasteiger partial charge in [-0.05, 0) is 56.2 Å². The highest BCUT2D eigenvalue weighted by Crippen LogP contribution is 2.45. The van der Waals surface area contributed by atoms with Crippen LogP contribution < -0.4 is 15.8 Å². The number of aryl methyl sites for hydroxylation is 2. The molecule has 0 saturated heterocycles. The van der Waals surface area contributed by atoms with Gasteiger partial charge in [0.25, 0.3) is 5.91 Å². The average molecular weight is 447 g/mol. The Kier molecular flexibility index (Phi) is 6.59. The van der Waals surface area contributed by atoms with Gasteiger partial charge >= 0.3 is 6.18 Å². The average Bonchev–Trinajstić information content (AvgIpc) is 3.00. The van der Waals surface area contributed by atoms with Gasteiger partial charge in [0.05, 0.1) is 29.9 Å². The Hall–Kier alpha value is -3.33. The number of ether oxygens (including phenoxy) is 1. The summed E-state index contributed by atoms with van der Waals surface area (Å²) < 4.78 is 45.0. The fourth-order valence-corrected chi connectivity index (χ4v) is 3.62. The molecule has 9 heteroatoms. The van der Waals surface area contributed by atoms with E-state index in [1.54, 1.807) is 19.1 Å². The Morgan fingerprint density at radius 1 is 1.06 bits per heavy atom. The van der Waals surface area contributed by atoms with Crippen molar-refractivity contribution >= 4 is 28.8 Å². The quantitative estimate of drug-likeness (QED) is 0.509. The highest BCUT2D eigenvalue weighted by atomic mass is 19.4. The normalized spacial score (nSPS) is 15.0. The van der Waals surface area contributed by atoms with Gasteiger partial charge in [0.2, 0.25) is 5.91 Å². The Labute approximate surface area is 184 Å². The van der Waals surface area contributed by atoms with Crippen LogP contribution in [-0.4, -0.2) is 25.5 Å². The summed E-state index contributed by atoms with van der Waals surface area (Å²) in [4.78, 5) is 26.6. The molecule has 0 spiro atoms. The second-order valence-corrected chi connectivity index (χ2v) is 7.63.